The first-order valence-electron chi connectivity index (χ1n) is 17.5. The summed E-state index contributed by atoms with van der Waals surface area (Å²) >= 11 is 13.1. The van der Waals surface area contributed by atoms with Crippen LogP contribution in [-0.2, 0) is 28.8 Å². The molecule has 5 N–H and O–H groups in total. The number of nitrogens with zero attached hydrogens (tertiary/aromatic N) is 2. The number of ketones is 1. The lowest BCUT2D eigenvalue weighted by atomic mass is 9.85. The quantitative estimate of drug-likeness (QED) is 0.142. The minimum Gasteiger partial charge on any atom is -0.347 e. The molecule has 7 amide bonds. The smallest absolute Gasteiger partial charge is 0.315 e. The predicted molar refractivity (Wildman–Crippen MR) is 197 cm³/mol. The summed E-state index contributed by atoms with van der Waals surface area (Å²) in [7, 11) is 3.10. The highest BCUT2D eigenvalue weighted by atomic mass is 35.5. The fraction of sp³-hybridized carbons (Fsp3) is 0.639. The van der Waals surface area contributed by atoms with Crippen LogP contribution < -0.4 is 26.6 Å². The Balaban J connectivity index is 1.76. The Hall–Kier alpha value is -3.91. The number of nitrogens with one attached hydrogen (secondary N) is 5. The van der Waals surface area contributed by atoms with Gasteiger partial charge in [-0.05, 0) is 38.2 Å². The second-order valence-electron chi connectivity index (χ2n) is 15.8. The highest BCUT2D eigenvalue weighted by Crippen LogP contribution is 2.65. The van der Waals surface area contributed by atoms with Crippen molar-refractivity contribution in [1.82, 2.24) is 36.4 Å². The van der Waals surface area contributed by atoms with Crippen LogP contribution in [0.4, 0.5) is 4.79 Å². The Morgan fingerprint density at radius 1 is 0.942 bits per heavy atom. The van der Waals surface area contributed by atoms with Crippen molar-refractivity contribution in [3.63, 3.8) is 0 Å². The average molecular weight is 767 g/mol. The molecule has 52 heavy (non-hydrogen) atoms. The van der Waals surface area contributed by atoms with Crippen LogP contribution in [0, 0.1) is 17.3 Å². The van der Waals surface area contributed by atoms with Crippen LogP contribution in [0.1, 0.15) is 79.3 Å². The second kappa shape index (κ2) is 16.8. The Kier molecular flexibility index (Phi) is 13.8. The van der Waals surface area contributed by atoms with Crippen molar-refractivity contribution < 1.29 is 33.6 Å². The summed E-state index contributed by atoms with van der Waals surface area (Å²) in [4.78, 5) is 95.8. The molecule has 5 unspecified atom stereocenters. The van der Waals surface area contributed by atoms with Crippen LogP contribution in [0.25, 0.3) is 0 Å². The predicted octanol–water partition coefficient (Wildman–Crippen LogP) is 2.44. The minimum absolute atomic E-state index is 0.0488. The van der Waals surface area contributed by atoms with Crippen molar-refractivity contribution in [2.45, 2.75) is 102 Å². The lowest BCUT2D eigenvalue weighted by molar-refractivity contribution is -0.145. The van der Waals surface area contributed by atoms with E-state index in [1.54, 1.807) is 86.0 Å². The SMILES string of the molecule is CCCCC(NC(=O)C1C2C(CN1C(=O)C(NC(=O)NC(C)(C)C)C(C)(C)C)C2(Cl)Cl)C(=O)C(=O)NCC(=O)N[C@H](C(=O)N(C)C)c1ccccc1. The summed E-state index contributed by atoms with van der Waals surface area (Å²) < 4.78 is -1.29. The van der Waals surface area contributed by atoms with E-state index in [-0.39, 0.29) is 13.0 Å². The van der Waals surface area contributed by atoms with E-state index in [0.717, 1.165) is 0 Å². The van der Waals surface area contributed by atoms with E-state index in [1.165, 1.54) is 9.80 Å². The van der Waals surface area contributed by atoms with Crippen molar-refractivity contribution in [2.24, 2.45) is 17.3 Å². The van der Waals surface area contributed by atoms with Crippen LogP contribution in [0.2, 0.25) is 0 Å². The van der Waals surface area contributed by atoms with E-state index in [4.69, 9.17) is 23.2 Å². The van der Waals surface area contributed by atoms with Crippen molar-refractivity contribution in [2.75, 3.05) is 27.2 Å². The molecule has 6 atom stereocenters. The van der Waals surface area contributed by atoms with Gasteiger partial charge in [0.15, 0.2) is 0 Å². The van der Waals surface area contributed by atoms with Gasteiger partial charge in [-0.2, -0.15) is 0 Å². The Morgan fingerprint density at radius 3 is 2.10 bits per heavy atom. The van der Waals surface area contributed by atoms with E-state index in [0.29, 0.717) is 18.4 Å². The highest BCUT2D eigenvalue weighted by molar-refractivity contribution is 6.51. The number of unbranched alkanes of at least 4 members (excludes halogenated alkanes) is 1. The number of hydrogen-bond donors (Lipinski definition) is 5. The molecule has 1 heterocycles. The van der Waals surface area contributed by atoms with Gasteiger partial charge in [-0.15, -0.1) is 23.2 Å². The molecule has 288 valence electrons. The number of rotatable bonds is 14. The molecule has 1 saturated carbocycles. The first-order valence-corrected chi connectivity index (χ1v) is 18.2. The number of alkyl halides is 2. The number of carbonyl (C=O) groups is 7. The normalized spacial score (nSPS) is 20.7. The topological polar surface area (TPSA) is 186 Å². The number of hydrogen-bond acceptors (Lipinski definition) is 7. The number of carbonyl (C=O) groups excluding carboxylic acids is 7. The van der Waals surface area contributed by atoms with Gasteiger partial charge >= 0.3 is 6.03 Å². The number of Topliss-reactive ketones (excluding diaryl/α,β-unsaturated/α-hetero) is 1. The van der Waals surface area contributed by atoms with Gasteiger partial charge in [-0.25, -0.2) is 4.79 Å². The van der Waals surface area contributed by atoms with Crippen molar-refractivity contribution >= 4 is 64.6 Å². The van der Waals surface area contributed by atoms with E-state index in [1.807, 2.05) is 6.92 Å². The van der Waals surface area contributed by atoms with Crippen LogP contribution in [0.5, 0.6) is 0 Å². The van der Waals surface area contributed by atoms with Gasteiger partial charge in [0, 0.05) is 38.0 Å². The van der Waals surface area contributed by atoms with Gasteiger partial charge in [-0.1, -0.05) is 70.9 Å². The largest absolute Gasteiger partial charge is 0.347 e. The van der Waals surface area contributed by atoms with Gasteiger partial charge in [0.25, 0.3) is 5.91 Å². The fourth-order valence-corrected chi connectivity index (χ4v) is 7.03. The summed E-state index contributed by atoms with van der Waals surface area (Å²) in [6.45, 7) is 12.1. The number of halogens is 2. The number of urea groups is 1. The maximum Gasteiger partial charge on any atom is 0.315 e. The van der Waals surface area contributed by atoms with Gasteiger partial charge in [0.05, 0.1) is 12.6 Å². The number of likely N-dealkylation sites (tertiary alicyclic amines) is 1. The Bertz CT molecular complexity index is 1520. The molecule has 1 saturated heterocycles. The molecule has 0 aromatic heterocycles. The third-order valence-corrected chi connectivity index (χ3v) is 10.1. The van der Waals surface area contributed by atoms with Crippen LogP contribution in [-0.4, -0.2) is 106 Å². The molecular formula is C36H53Cl2N7O7. The molecule has 1 aliphatic heterocycles. The Morgan fingerprint density at radius 2 is 1.56 bits per heavy atom. The summed E-state index contributed by atoms with van der Waals surface area (Å²) in [5, 5.41) is 13.1. The number of fused-ring (bicyclic) bond motifs is 1. The summed E-state index contributed by atoms with van der Waals surface area (Å²) in [6, 6.07) is 3.50. The zero-order chi connectivity index (χ0) is 39.3. The van der Waals surface area contributed by atoms with Crippen molar-refractivity contribution in [3.05, 3.63) is 35.9 Å². The number of piperidine rings is 1. The zero-order valence-corrected chi connectivity index (χ0v) is 32.9. The van der Waals surface area contributed by atoms with E-state index in [2.05, 4.69) is 26.6 Å². The van der Waals surface area contributed by atoms with Crippen molar-refractivity contribution in [3.8, 4) is 0 Å². The first-order chi connectivity index (χ1) is 24.0. The van der Waals surface area contributed by atoms with E-state index >= 15 is 0 Å². The monoisotopic (exact) mass is 765 g/mol. The van der Waals surface area contributed by atoms with Crippen LogP contribution >= 0.6 is 23.2 Å². The number of likely N-dealkylation sites (N-methyl/N-ethyl adjacent to an activating group) is 1. The third kappa shape index (κ3) is 10.6. The highest BCUT2D eigenvalue weighted by Gasteiger charge is 2.74. The lowest BCUT2D eigenvalue weighted by Crippen LogP contribution is -2.62. The molecule has 1 aliphatic carbocycles. The maximum absolute atomic E-state index is 14.1. The van der Waals surface area contributed by atoms with E-state index in [9.17, 15) is 33.6 Å². The Labute approximate surface area is 315 Å². The van der Waals surface area contributed by atoms with Gasteiger partial charge in [-0.3, -0.25) is 28.8 Å². The zero-order valence-electron chi connectivity index (χ0n) is 31.4. The second-order valence-corrected chi connectivity index (χ2v) is 17.2. The molecular weight excluding hydrogens is 713 g/mol. The molecule has 1 aromatic rings. The summed E-state index contributed by atoms with van der Waals surface area (Å²) in [5.74, 6) is -5.51. The third-order valence-electron chi connectivity index (χ3n) is 9.00. The fourth-order valence-electron chi connectivity index (χ4n) is 6.20. The van der Waals surface area contributed by atoms with Crippen LogP contribution in [0.15, 0.2) is 30.3 Å². The summed E-state index contributed by atoms with van der Waals surface area (Å²) in [6.07, 6.45) is 1.23. The first kappa shape index (κ1) is 42.5. The number of amides is 7. The lowest BCUT2D eigenvalue weighted by Gasteiger charge is -2.38. The standard InChI is InChI=1S/C36H53Cl2N7O7/c1-10-11-17-22(27(47)30(49)39-18-23(46)41-25(31(50)44(8)9)20-15-13-12-14-16-20)40-29(48)26-24-21(36(24,37)38)19-45(26)32(51)28(34(2,3)4)42-33(52)43-35(5,6)7/h12-16,21-22,24-26,28H,10-11,17-19H2,1-9H3,(H,39,49)(H,40,48)(H,41,46)(H2,42,43,52)/t21?,22?,24?,25-,26?,28?/m0/s1. The van der Waals surface area contributed by atoms with Crippen molar-refractivity contribution in [1.29, 1.82) is 0 Å². The number of benzene rings is 1. The molecule has 16 heteroatoms. The molecule has 0 spiro atoms. The average Bonchev–Trinajstić information content (AvgIpc) is 3.35. The van der Waals surface area contributed by atoms with Gasteiger partial charge < -0.3 is 36.4 Å². The summed E-state index contributed by atoms with van der Waals surface area (Å²) in [5.41, 5.74) is -0.799. The molecule has 14 nitrogen and oxygen atoms in total. The van der Waals surface area contributed by atoms with Gasteiger partial charge in [0.2, 0.25) is 29.4 Å². The molecule has 1 aromatic carbocycles. The van der Waals surface area contributed by atoms with Gasteiger partial charge in [0.1, 0.15) is 22.5 Å². The maximum atomic E-state index is 14.1. The van der Waals surface area contributed by atoms with E-state index < -0.39 is 99.2 Å². The molecule has 2 fully saturated rings. The molecule has 0 bridgehead atoms. The van der Waals surface area contributed by atoms with Crippen LogP contribution in [0.3, 0.4) is 0 Å². The molecule has 0 radical (unpaired) electrons. The minimum atomic E-state index is -1.29. The molecule has 2 aliphatic rings. The molecule has 3 rings (SSSR count).